The zero-order valence-corrected chi connectivity index (χ0v) is 14.3. The van der Waals surface area contributed by atoms with Crippen LogP contribution in [0.25, 0.3) is 0 Å². The third kappa shape index (κ3) is 2.72. The van der Waals surface area contributed by atoms with Gasteiger partial charge < -0.3 is 14.4 Å². The van der Waals surface area contributed by atoms with Crippen LogP contribution < -0.4 is 0 Å². The number of carbonyl (C=O) groups is 2. The zero-order chi connectivity index (χ0) is 18.1. The Morgan fingerprint density at radius 2 is 2.15 bits per heavy atom. The van der Waals surface area contributed by atoms with Crippen molar-refractivity contribution in [2.45, 2.75) is 12.6 Å². The molecule has 0 aromatic carbocycles. The highest BCUT2D eigenvalue weighted by Crippen LogP contribution is 2.41. The van der Waals surface area contributed by atoms with Gasteiger partial charge in [0.05, 0.1) is 11.8 Å². The summed E-state index contributed by atoms with van der Waals surface area (Å²) in [5.41, 5.74) is 0.846. The largest absolute Gasteiger partial charge is 0.503 e. The summed E-state index contributed by atoms with van der Waals surface area (Å²) >= 11 is 1.42. The van der Waals surface area contributed by atoms with Crippen LogP contribution in [0.3, 0.4) is 0 Å². The number of hydrogen-bond acceptors (Lipinski definition) is 6. The van der Waals surface area contributed by atoms with Crippen molar-refractivity contribution < 1.29 is 19.1 Å². The molecule has 1 N–H and O–H groups in total. The van der Waals surface area contributed by atoms with Gasteiger partial charge in [-0.25, -0.2) is 0 Å². The summed E-state index contributed by atoms with van der Waals surface area (Å²) in [4.78, 5) is 31.9. The van der Waals surface area contributed by atoms with Crippen molar-refractivity contribution >= 4 is 23.0 Å². The standard InChI is InChI=1S/C19H14N2O4S/c22-17(13-5-2-8-25-13)15-16(14-6-3-9-26-14)21(19(24)18(15)23)11-12-4-1-7-20-10-12/h1-10,16,23H,11H2. The molecule has 0 saturated carbocycles. The van der Waals surface area contributed by atoms with Crippen LogP contribution in [-0.2, 0) is 11.3 Å². The van der Waals surface area contributed by atoms with Gasteiger partial charge in [-0.05, 0) is 35.2 Å². The number of aliphatic hydroxyl groups excluding tert-OH is 1. The molecule has 0 fully saturated rings. The first-order valence-corrected chi connectivity index (χ1v) is 8.79. The van der Waals surface area contributed by atoms with Gasteiger partial charge in [-0.15, -0.1) is 11.3 Å². The average Bonchev–Trinajstić information content (AvgIpc) is 3.40. The van der Waals surface area contributed by atoms with Crippen LogP contribution >= 0.6 is 11.3 Å². The molecule has 26 heavy (non-hydrogen) atoms. The van der Waals surface area contributed by atoms with Gasteiger partial charge in [-0.2, -0.15) is 0 Å². The highest BCUT2D eigenvalue weighted by atomic mass is 32.1. The number of rotatable bonds is 5. The number of Topliss-reactive ketones (excluding diaryl/α,β-unsaturated/α-hetero) is 1. The van der Waals surface area contributed by atoms with Gasteiger partial charge >= 0.3 is 0 Å². The minimum absolute atomic E-state index is 0.0382. The number of pyridine rings is 1. The van der Waals surface area contributed by atoms with E-state index in [-0.39, 0.29) is 17.9 Å². The van der Waals surface area contributed by atoms with Crippen LogP contribution in [0.5, 0.6) is 0 Å². The summed E-state index contributed by atoms with van der Waals surface area (Å²) in [6.07, 6.45) is 4.69. The van der Waals surface area contributed by atoms with Crippen LogP contribution in [0.1, 0.15) is 27.0 Å². The van der Waals surface area contributed by atoms with E-state index in [4.69, 9.17) is 4.42 Å². The first kappa shape index (κ1) is 16.3. The Morgan fingerprint density at radius 3 is 2.81 bits per heavy atom. The molecule has 7 heteroatoms. The topological polar surface area (TPSA) is 83.6 Å². The Bertz CT molecular complexity index is 962. The van der Waals surface area contributed by atoms with Gasteiger partial charge in [0.2, 0.25) is 5.78 Å². The maximum atomic E-state index is 12.9. The first-order valence-electron chi connectivity index (χ1n) is 7.91. The molecule has 1 atom stereocenters. The zero-order valence-electron chi connectivity index (χ0n) is 13.5. The SMILES string of the molecule is O=C(C1=C(O)C(=O)N(Cc2cccnc2)C1c1cccs1)c1ccco1. The van der Waals surface area contributed by atoms with Crippen molar-refractivity contribution in [2.75, 3.05) is 0 Å². The Morgan fingerprint density at radius 1 is 1.27 bits per heavy atom. The Labute approximate surface area is 153 Å². The van der Waals surface area contributed by atoms with Crippen LogP contribution in [0.15, 0.2) is 76.2 Å². The van der Waals surface area contributed by atoms with Gasteiger partial charge in [0.1, 0.15) is 6.04 Å². The summed E-state index contributed by atoms with van der Waals surface area (Å²) < 4.78 is 5.18. The number of aliphatic hydroxyl groups is 1. The molecule has 0 radical (unpaired) electrons. The van der Waals surface area contributed by atoms with Crippen molar-refractivity contribution in [3.63, 3.8) is 0 Å². The fourth-order valence-electron chi connectivity index (χ4n) is 3.02. The van der Waals surface area contributed by atoms with E-state index in [1.54, 1.807) is 24.5 Å². The highest BCUT2D eigenvalue weighted by Gasteiger charge is 2.44. The summed E-state index contributed by atoms with van der Waals surface area (Å²) in [5, 5.41) is 12.3. The number of aromatic nitrogens is 1. The summed E-state index contributed by atoms with van der Waals surface area (Å²) in [6.45, 7) is 0.230. The van der Waals surface area contributed by atoms with Gasteiger partial charge in [-0.3, -0.25) is 14.6 Å². The van der Waals surface area contributed by atoms with Crippen molar-refractivity contribution in [3.05, 3.63) is 88.0 Å². The Balaban J connectivity index is 1.77. The predicted octanol–water partition coefficient (Wildman–Crippen LogP) is 3.51. The number of amides is 1. The molecule has 0 aliphatic carbocycles. The van der Waals surface area contributed by atoms with Gasteiger partial charge in [-0.1, -0.05) is 12.1 Å². The molecule has 0 saturated heterocycles. The second-order valence-corrected chi connectivity index (χ2v) is 6.76. The van der Waals surface area contributed by atoms with E-state index < -0.39 is 23.5 Å². The van der Waals surface area contributed by atoms with Crippen LogP contribution in [0, 0.1) is 0 Å². The van der Waals surface area contributed by atoms with E-state index in [2.05, 4.69) is 4.98 Å². The molecular formula is C19H14N2O4S. The fourth-order valence-corrected chi connectivity index (χ4v) is 3.87. The maximum Gasteiger partial charge on any atom is 0.290 e. The molecular weight excluding hydrogens is 352 g/mol. The van der Waals surface area contributed by atoms with Crippen molar-refractivity contribution in [1.82, 2.24) is 9.88 Å². The van der Waals surface area contributed by atoms with E-state index in [1.165, 1.54) is 28.6 Å². The molecule has 3 aromatic rings. The van der Waals surface area contributed by atoms with E-state index in [0.717, 1.165) is 10.4 Å². The lowest BCUT2D eigenvalue weighted by molar-refractivity contribution is -0.130. The van der Waals surface area contributed by atoms with E-state index in [1.807, 2.05) is 23.6 Å². The number of ketones is 1. The molecule has 0 bridgehead atoms. The number of hydrogen-bond donors (Lipinski definition) is 1. The second-order valence-electron chi connectivity index (χ2n) is 5.78. The van der Waals surface area contributed by atoms with E-state index >= 15 is 0 Å². The van der Waals surface area contributed by atoms with Crippen molar-refractivity contribution in [2.24, 2.45) is 0 Å². The smallest absolute Gasteiger partial charge is 0.290 e. The number of carbonyl (C=O) groups excluding carboxylic acids is 2. The lowest BCUT2D eigenvalue weighted by Crippen LogP contribution is -2.30. The predicted molar refractivity (Wildman–Crippen MR) is 94.5 cm³/mol. The van der Waals surface area contributed by atoms with Crippen molar-refractivity contribution in [3.8, 4) is 0 Å². The minimum atomic E-state index is -0.666. The normalized spacial score (nSPS) is 17.2. The highest BCUT2D eigenvalue weighted by molar-refractivity contribution is 7.10. The van der Waals surface area contributed by atoms with Crippen molar-refractivity contribution in [1.29, 1.82) is 0 Å². The van der Waals surface area contributed by atoms with E-state index in [9.17, 15) is 14.7 Å². The molecule has 1 aliphatic heterocycles. The third-order valence-electron chi connectivity index (χ3n) is 4.18. The average molecular weight is 366 g/mol. The molecule has 4 heterocycles. The summed E-state index contributed by atoms with van der Waals surface area (Å²) in [6, 6.07) is 9.75. The van der Waals surface area contributed by atoms with E-state index in [0.29, 0.717) is 0 Å². The maximum absolute atomic E-state index is 12.9. The van der Waals surface area contributed by atoms with Gasteiger partial charge in [0, 0.05) is 23.8 Å². The molecule has 1 amide bonds. The number of nitrogens with zero attached hydrogens (tertiary/aromatic N) is 2. The molecule has 0 spiro atoms. The summed E-state index contributed by atoms with van der Waals surface area (Å²) in [7, 11) is 0. The molecule has 1 unspecified atom stereocenters. The third-order valence-corrected chi connectivity index (χ3v) is 5.11. The monoisotopic (exact) mass is 366 g/mol. The lowest BCUT2D eigenvalue weighted by atomic mass is 10.0. The molecule has 1 aliphatic rings. The molecule has 6 nitrogen and oxygen atoms in total. The second kappa shape index (κ2) is 6.61. The molecule has 3 aromatic heterocycles. The van der Waals surface area contributed by atoms with Gasteiger partial charge in [0.15, 0.2) is 11.5 Å². The number of furan rings is 1. The summed E-state index contributed by atoms with van der Waals surface area (Å²) in [5.74, 6) is -1.52. The van der Waals surface area contributed by atoms with Crippen LogP contribution in [0.2, 0.25) is 0 Å². The fraction of sp³-hybridized carbons (Fsp3) is 0.105. The molecule has 130 valence electrons. The minimum Gasteiger partial charge on any atom is -0.503 e. The lowest BCUT2D eigenvalue weighted by Gasteiger charge is -2.25. The first-order chi connectivity index (χ1) is 12.7. The van der Waals surface area contributed by atoms with Crippen LogP contribution in [0.4, 0.5) is 0 Å². The molecule has 4 rings (SSSR count). The quantitative estimate of drug-likeness (QED) is 0.699. The number of thiophene rings is 1. The van der Waals surface area contributed by atoms with Crippen LogP contribution in [-0.4, -0.2) is 26.7 Å². The Kier molecular flexibility index (Phi) is 4.14. The van der Waals surface area contributed by atoms with Gasteiger partial charge in [0.25, 0.3) is 5.91 Å². The Hall–Kier alpha value is -3.19.